The minimum atomic E-state index is -3.26. The zero-order valence-corrected chi connectivity index (χ0v) is 23.1. The molecule has 1 saturated heterocycles. The molecule has 1 heterocycles. The molecule has 204 valence electrons. The lowest BCUT2D eigenvalue weighted by atomic mass is 9.78. The molecule has 12 heteroatoms. The zero-order chi connectivity index (χ0) is 27.2. The van der Waals surface area contributed by atoms with Gasteiger partial charge < -0.3 is 15.0 Å². The lowest BCUT2D eigenvalue weighted by Gasteiger charge is -2.32. The van der Waals surface area contributed by atoms with Crippen molar-refractivity contribution in [3.05, 3.63) is 63.6 Å². The lowest BCUT2D eigenvalue weighted by Crippen LogP contribution is -2.44. The van der Waals surface area contributed by atoms with E-state index in [9.17, 15) is 22.0 Å². The van der Waals surface area contributed by atoms with Crippen LogP contribution in [0.2, 0.25) is 10.0 Å². The second-order valence-electron chi connectivity index (χ2n) is 9.28. The second kappa shape index (κ2) is 12.7. The topological polar surface area (TPSA) is 79.0 Å². The van der Waals surface area contributed by atoms with E-state index in [1.807, 2.05) is 6.92 Å². The largest absolute Gasteiger partial charge is 0.435 e. The van der Waals surface area contributed by atoms with Crippen molar-refractivity contribution in [3.8, 4) is 5.75 Å². The number of rotatable bonds is 10. The molecule has 7 nitrogen and oxygen atoms in total. The molecular formula is C25H31Cl2F2N3O4S. The number of carbonyl (C=O) groups is 1. The highest BCUT2D eigenvalue weighted by atomic mass is 35.5. The van der Waals surface area contributed by atoms with Gasteiger partial charge in [0.1, 0.15) is 5.75 Å². The van der Waals surface area contributed by atoms with Gasteiger partial charge in [-0.15, -0.1) is 0 Å². The van der Waals surface area contributed by atoms with E-state index in [0.717, 1.165) is 0 Å². The third-order valence-electron chi connectivity index (χ3n) is 6.58. The SMILES string of the molecule is CC(CCN1CCCN(S(C)(=O)=O)CC1)(C(=O)NCc1cccc(OC(F)F)c1)c1ccc(Cl)c(Cl)c1. The first-order chi connectivity index (χ1) is 17.4. The molecule has 0 aliphatic carbocycles. The molecule has 1 fully saturated rings. The van der Waals surface area contributed by atoms with Crippen LogP contribution in [0.5, 0.6) is 5.75 Å². The number of hydrogen-bond donors (Lipinski definition) is 1. The van der Waals surface area contributed by atoms with Gasteiger partial charge in [-0.3, -0.25) is 4.79 Å². The van der Waals surface area contributed by atoms with E-state index in [4.69, 9.17) is 23.2 Å². The second-order valence-corrected chi connectivity index (χ2v) is 12.1. The van der Waals surface area contributed by atoms with Gasteiger partial charge >= 0.3 is 6.61 Å². The minimum absolute atomic E-state index is 0.0123. The Labute approximate surface area is 226 Å². The average Bonchev–Trinajstić information content (AvgIpc) is 3.08. The van der Waals surface area contributed by atoms with E-state index >= 15 is 0 Å². The van der Waals surface area contributed by atoms with Gasteiger partial charge in [0.2, 0.25) is 15.9 Å². The van der Waals surface area contributed by atoms with Crippen LogP contribution in [-0.4, -0.2) is 69.1 Å². The molecule has 0 aromatic heterocycles. The van der Waals surface area contributed by atoms with Gasteiger partial charge in [0.15, 0.2) is 0 Å². The maximum atomic E-state index is 13.6. The van der Waals surface area contributed by atoms with Gasteiger partial charge in [-0.2, -0.15) is 8.78 Å². The first kappa shape index (κ1) is 29.6. The monoisotopic (exact) mass is 577 g/mol. The summed E-state index contributed by atoms with van der Waals surface area (Å²) < 4.78 is 54.9. The Hall–Kier alpha value is -1.98. The fourth-order valence-corrected chi connectivity index (χ4v) is 5.49. The number of carbonyl (C=O) groups excluding carboxylic acids is 1. The lowest BCUT2D eigenvalue weighted by molar-refractivity contribution is -0.126. The molecule has 1 aliphatic rings. The Bertz CT molecular complexity index is 1200. The molecule has 1 aliphatic heterocycles. The van der Waals surface area contributed by atoms with Crippen LogP contribution in [-0.2, 0) is 26.8 Å². The maximum Gasteiger partial charge on any atom is 0.387 e. The summed E-state index contributed by atoms with van der Waals surface area (Å²) in [5, 5.41) is 3.62. The third kappa shape index (κ3) is 8.25. The van der Waals surface area contributed by atoms with Gasteiger partial charge in [0, 0.05) is 26.2 Å². The minimum Gasteiger partial charge on any atom is -0.435 e. The predicted molar refractivity (Wildman–Crippen MR) is 141 cm³/mol. The number of amides is 1. The summed E-state index contributed by atoms with van der Waals surface area (Å²) in [4.78, 5) is 15.7. The Morgan fingerprint density at radius 2 is 1.86 bits per heavy atom. The Kier molecular flexibility index (Phi) is 10.2. The summed E-state index contributed by atoms with van der Waals surface area (Å²) in [6.45, 7) is 1.68. The van der Waals surface area contributed by atoms with Crippen LogP contribution in [0.15, 0.2) is 42.5 Å². The Morgan fingerprint density at radius 3 is 2.54 bits per heavy atom. The normalized spacial score (nSPS) is 17.3. The summed E-state index contributed by atoms with van der Waals surface area (Å²) in [6, 6.07) is 11.2. The van der Waals surface area contributed by atoms with Crippen molar-refractivity contribution >= 4 is 39.1 Å². The van der Waals surface area contributed by atoms with Crippen LogP contribution in [0.3, 0.4) is 0 Å². The van der Waals surface area contributed by atoms with Gasteiger partial charge in [-0.1, -0.05) is 41.4 Å². The number of halogens is 4. The number of sulfonamides is 1. The van der Waals surface area contributed by atoms with Crippen LogP contribution in [0.4, 0.5) is 8.78 Å². The highest BCUT2D eigenvalue weighted by Gasteiger charge is 2.36. The number of nitrogens with zero attached hydrogens (tertiary/aromatic N) is 2. The maximum absolute atomic E-state index is 13.6. The van der Waals surface area contributed by atoms with Crippen molar-refractivity contribution in [1.29, 1.82) is 0 Å². The van der Waals surface area contributed by atoms with E-state index in [1.54, 1.807) is 30.3 Å². The average molecular weight is 579 g/mol. The van der Waals surface area contributed by atoms with Gasteiger partial charge in [0.05, 0.1) is 21.7 Å². The summed E-state index contributed by atoms with van der Waals surface area (Å²) >= 11 is 12.4. The smallest absolute Gasteiger partial charge is 0.387 e. The Morgan fingerprint density at radius 1 is 1.11 bits per heavy atom. The van der Waals surface area contributed by atoms with Crippen LogP contribution in [0.1, 0.15) is 30.9 Å². The number of ether oxygens (including phenoxy) is 1. The predicted octanol–water partition coefficient (Wildman–Crippen LogP) is 4.53. The summed E-state index contributed by atoms with van der Waals surface area (Å²) in [6.07, 6.45) is 2.34. The molecule has 1 unspecified atom stereocenters. The van der Waals surface area contributed by atoms with Crippen molar-refractivity contribution in [3.63, 3.8) is 0 Å². The molecule has 2 aromatic carbocycles. The van der Waals surface area contributed by atoms with Crippen molar-refractivity contribution < 1.29 is 26.7 Å². The fourth-order valence-electron chi connectivity index (χ4n) is 4.32. The molecule has 0 bridgehead atoms. The van der Waals surface area contributed by atoms with Crippen molar-refractivity contribution in [2.24, 2.45) is 0 Å². The molecule has 1 amide bonds. The first-order valence-electron chi connectivity index (χ1n) is 11.8. The first-order valence-corrected chi connectivity index (χ1v) is 14.4. The highest BCUT2D eigenvalue weighted by molar-refractivity contribution is 7.88. The van der Waals surface area contributed by atoms with Crippen LogP contribution >= 0.6 is 23.2 Å². The van der Waals surface area contributed by atoms with E-state index in [0.29, 0.717) is 66.7 Å². The van der Waals surface area contributed by atoms with Crippen molar-refractivity contribution in [2.75, 3.05) is 39.0 Å². The quantitative estimate of drug-likeness (QED) is 0.449. The van der Waals surface area contributed by atoms with Gasteiger partial charge in [-0.05, 0) is 68.2 Å². The molecule has 0 spiro atoms. The summed E-state index contributed by atoms with van der Waals surface area (Å²) in [5.41, 5.74) is 0.298. The molecule has 37 heavy (non-hydrogen) atoms. The van der Waals surface area contributed by atoms with Gasteiger partial charge in [-0.25, -0.2) is 12.7 Å². The third-order valence-corrected chi connectivity index (χ3v) is 8.62. The fraction of sp³-hybridized carbons (Fsp3) is 0.480. The number of hydrogen-bond acceptors (Lipinski definition) is 5. The highest BCUT2D eigenvalue weighted by Crippen LogP contribution is 2.33. The molecular weight excluding hydrogens is 547 g/mol. The standard InChI is InChI=1S/C25H31Cl2F2N3O4S/c1-25(19-7-8-21(26)22(27)16-19,9-12-31-10-4-11-32(14-13-31)37(2,34)35)23(33)30-17-18-5-3-6-20(15-18)36-24(28)29/h3,5-8,15-16,24H,4,9-14,17H2,1-2H3,(H,30,33). The van der Waals surface area contributed by atoms with E-state index in [2.05, 4.69) is 15.0 Å². The van der Waals surface area contributed by atoms with Crippen molar-refractivity contribution in [1.82, 2.24) is 14.5 Å². The molecule has 0 saturated carbocycles. The number of benzene rings is 2. The van der Waals surface area contributed by atoms with Gasteiger partial charge in [0.25, 0.3) is 0 Å². The molecule has 3 rings (SSSR count). The van der Waals surface area contributed by atoms with E-state index < -0.39 is 22.0 Å². The Balaban J connectivity index is 1.75. The van der Waals surface area contributed by atoms with Crippen LogP contribution < -0.4 is 10.1 Å². The molecule has 1 N–H and O–H groups in total. The molecule has 1 atom stereocenters. The van der Waals surface area contributed by atoms with Crippen LogP contribution in [0.25, 0.3) is 0 Å². The molecule has 2 aromatic rings. The summed E-state index contributed by atoms with van der Waals surface area (Å²) in [7, 11) is -3.26. The summed E-state index contributed by atoms with van der Waals surface area (Å²) in [5.74, 6) is -0.253. The molecule has 0 radical (unpaired) electrons. The zero-order valence-electron chi connectivity index (χ0n) is 20.7. The van der Waals surface area contributed by atoms with Crippen LogP contribution in [0, 0.1) is 0 Å². The van der Waals surface area contributed by atoms with Crippen molar-refractivity contribution in [2.45, 2.75) is 38.3 Å². The number of nitrogens with one attached hydrogen (secondary N) is 1. The number of alkyl halides is 2. The van der Waals surface area contributed by atoms with E-state index in [1.165, 1.54) is 22.7 Å². The van der Waals surface area contributed by atoms with E-state index in [-0.39, 0.29) is 18.2 Å².